The molecular formula is C30H32FN7O2S. The average Bonchev–Trinajstić information content (AvgIpc) is 3.70. The predicted octanol–water partition coefficient (Wildman–Crippen LogP) is 5.46. The largest absolute Gasteiger partial charge is 0.326 e. The van der Waals surface area contributed by atoms with Gasteiger partial charge in [0.1, 0.15) is 5.69 Å². The van der Waals surface area contributed by atoms with E-state index in [9.17, 15) is 9.59 Å². The zero-order valence-corrected chi connectivity index (χ0v) is 23.9. The van der Waals surface area contributed by atoms with Crippen molar-refractivity contribution < 1.29 is 14.0 Å². The summed E-state index contributed by atoms with van der Waals surface area (Å²) in [4.78, 5) is 36.3. The number of hydrogen-bond donors (Lipinski definition) is 2. The molecule has 0 saturated heterocycles. The van der Waals surface area contributed by atoms with Crippen molar-refractivity contribution in [1.29, 1.82) is 0 Å². The number of rotatable bonds is 8. The van der Waals surface area contributed by atoms with Gasteiger partial charge in [-0.2, -0.15) is 5.10 Å². The molecule has 0 spiro atoms. The topological polar surface area (TPSA) is 105 Å². The van der Waals surface area contributed by atoms with Crippen LogP contribution in [-0.2, 0) is 22.4 Å². The highest BCUT2D eigenvalue weighted by Gasteiger charge is 2.31. The van der Waals surface area contributed by atoms with Crippen molar-refractivity contribution in [3.63, 3.8) is 0 Å². The summed E-state index contributed by atoms with van der Waals surface area (Å²) in [6.45, 7) is 2.12. The molecule has 41 heavy (non-hydrogen) atoms. The first-order valence-electron chi connectivity index (χ1n) is 14.0. The second kappa shape index (κ2) is 11.5. The van der Waals surface area contributed by atoms with Gasteiger partial charge in [0.2, 0.25) is 11.8 Å². The van der Waals surface area contributed by atoms with Crippen LogP contribution in [0.4, 0.5) is 15.2 Å². The van der Waals surface area contributed by atoms with Crippen LogP contribution in [0.15, 0.2) is 42.7 Å². The van der Waals surface area contributed by atoms with E-state index in [0.29, 0.717) is 42.7 Å². The van der Waals surface area contributed by atoms with Crippen LogP contribution in [-0.4, -0.2) is 56.1 Å². The van der Waals surface area contributed by atoms with E-state index >= 15 is 4.39 Å². The van der Waals surface area contributed by atoms with E-state index in [4.69, 9.17) is 5.10 Å². The van der Waals surface area contributed by atoms with Crippen LogP contribution in [0.1, 0.15) is 50.3 Å². The molecule has 0 aliphatic heterocycles. The summed E-state index contributed by atoms with van der Waals surface area (Å²) in [7, 11) is 2.07. The number of anilines is 2. The van der Waals surface area contributed by atoms with Crippen molar-refractivity contribution in [2.24, 2.45) is 0 Å². The molecule has 1 fully saturated rings. The predicted molar refractivity (Wildman–Crippen MR) is 158 cm³/mol. The maximum Gasteiger partial charge on any atom is 0.225 e. The highest BCUT2D eigenvalue weighted by atomic mass is 32.1. The Bertz CT molecular complexity index is 1590. The Hall–Kier alpha value is -3.96. The zero-order chi connectivity index (χ0) is 28.5. The van der Waals surface area contributed by atoms with Crippen molar-refractivity contribution in [2.75, 3.05) is 24.2 Å². The Morgan fingerprint density at radius 1 is 1.17 bits per heavy atom. The van der Waals surface area contributed by atoms with E-state index in [1.807, 2.05) is 12.1 Å². The summed E-state index contributed by atoms with van der Waals surface area (Å²) in [6, 6.07) is 9.01. The van der Waals surface area contributed by atoms with Gasteiger partial charge >= 0.3 is 0 Å². The van der Waals surface area contributed by atoms with E-state index in [2.05, 4.69) is 32.5 Å². The van der Waals surface area contributed by atoms with Crippen LogP contribution in [0.2, 0.25) is 0 Å². The maximum atomic E-state index is 15.7. The third kappa shape index (κ3) is 5.64. The summed E-state index contributed by atoms with van der Waals surface area (Å²) >= 11 is 1.35. The minimum absolute atomic E-state index is 0.142. The van der Waals surface area contributed by atoms with Crippen LogP contribution >= 0.6 is 11.3 Å². The highest BCUT2D eigenvalue weighted by Crippen LogP contribution is 2.44. The number of nitrogens with zero attached hydrogens (tertiary/aromatic N) is 5. The molecule has 2 aliphatic carbocycles. The Balaban J connectivity index is 1.30. The first-order valence-corrected chi connectivity index (χ1v) is 14.8. The van der Waals surface area contributed by atoms with E-state index < -0.39 is 5.82 Å². The second-order valence-corrected chi connectivity index (χ2v) is 11.7. The molecule has 1 aromatic carbocycles. The lowest BCUT2D eigenvalue weighted by Gasteiger charge is -2.23. The number of nitrogens with one attached hydrogen (secondary N) is 2. The highest BCUT2D eigenvalue weighted by molar-refractivity contribution is 7.19. The normalized spacial score (nSPS) is 14.6. The Morgan fingerprint density at radius 3 is 2.73 bits per heavy atom. The summed E-state index contributed by atoms with van der Waals surface area (Å²) in [5, 5.41) is 11.0. The standard InChI is InChI=1S/C30H32FN7O2S/c1-18(39)33-30-35-24-11-10-22-27(19-6-5-14-32-17-19)36-38(28(22)29(24)41-30)25-12-9-20(16-23(25)31)34-26(40)13-15-37(2)21-7-3-4-8-21/h5-6,9,12,14,16-17,21H,3-4,7-8,10-11,13,15H2,1-2H3,(H,34,40)(H,33,35,39). The lowest BCUT2D eigenvalue weighted by Crippen LogP contribution is -2.32. The number of hydrogen-bond acceptors (Lipinski definition) is 7. The van der Waals surface area contributed by atoms with E-state index in [0.717, 1.165) is 33.1 Å². The van der Waals surface area contributed by atoms with Crippen LogP contribution in [0.3, 0.4) is 0 Å². The van der Waals surface area contributed by atoms with Crippen molar-refractivity contribution >= 4 is 34.0 Å². The summed E-state index contributed by atoms with van der Waals surface area (Å²) in [6.07, 6.45) is 10.0. The summed E-state index contributed by atoms with van der Waals surface area (Å²) in [5.74, 6) is -0.848. The molecule has 9 nitrogen and oxygen atoms in total. The van der Waals surface area contributed by atoms with Gasteiger partial charge in [-0.3, -0.25) is 14.6 Å². The lowest BCUT2D eigenvalue weighted by molar-refractivity contribution is -0.116. The van der Waals surface area contributed by atoms with Crippen LogP contribution < -0.4 is 10.6 Å². The van der Waals surface area contributed by atoms with Crippen molar-refractivity contribution in [3.8, 4) is 27.5 Å². The molecule has 2 aliphatic rings. The first kappa shape index (κ1) is 27.2. The van der Waals surface area contributed by atoms with Gasteiger partial charge in [-0.25, -0.2) is 14.1 Å². The van der Waals surface area contributed by atoms with Gasteiger partial charge in [0.25, 0.3) is 0 Å². The molecule has 6 rings (SSSR count). The fourth-order valence-electron chi connectivity index (χ4n) is 5.77. The summed E-state index contributed by atoms with van der Waals surface area (Å²) < 4.78 is 17.4. The number of carbonyl (C=O) groups is 2. The molecule has 3 aromatic heterocycles. The molecular weight excluding hydrogens is 541 g/mol. The van der Waals surface area contributed by atoms with Crippen LogP contribution in [0.25, 0.3) is 27.5 Å². The molecule has 0 radical (unpaired) electrons. The molecule has 3 heterocycles. The number of thiazole rings is 1. The number of aromatic nitrogens is 4. The number of carbonyl (C=O) groups excluding carboxylic acids is 2. The molecule has 1 saturated carbocycles. The Kier molecular flexibility index (Phi) is 7.63. The fourth-order valence-corrected chi connectivity index (χ4v) is 6.88. The Labute approximate surface area is 241 Å². The van der Waals surface area contributed by atoms with Crippen LogP contribution in [0.5, 0.6) is 0 Å². The van der Waals surface area contributed by atoms with Gasteiger partial charge in [-0.1, -0.05) is 24.2 Å². The molecule has 4 aromatic rings. The van der Waals surface area contributed by atoms with Gasteiger partial charge in [-0.05, 0) is 63.1 Å². The van der Waals surface area contributed by atoms with Gasteiger partial charge in [0.05, 0.1) is 22.0 Å². The molecule has 11 heteroatoms. The van der Waals surface area contributed by atoms with E-state index in [1.54, 1.807) is 29.2 Å². The van der Waals surface area contributed by atoms with Crippen LogP contribution in [0, 0.1) is 5.82 Å². The van der Waals surface area contributed by atoms with Crippen molar-refractivity contribution in [1.82, 2.24) is 24.6 Å². The second-order valence-electron chi connectivity index (χ2n) is 10.7. The number of benzene rings is 1. The molecule has 212 valence electrons. The Morgan fingerprint density at radius 2 is 2.00 bits per heavy atom. The third-order valence-electron chi connectivity index (χ3n) is 7.82. The lowest BCUT2D eigenvalue weighted by atomic mass is 9.95. The summed E-state index contributed by atoms with van der Waals surface area (Å²) in [5.41, 5.74) is 4.81. The van der Waals surface area contributed by atoms with E-state index in [1.165, 1.54) is 50.0 Å². The fraction of sp³-hybridized carbons (Fsp3) is 0.367. The third-order valence-corrected chi connectivity index (χ3v) is 8.84. The number of fused-ring (bicyclic) bond motifs is 3. The first-order chi connectivity index (χ1) is 19.9. The smallest absolute Gasteiger partial charge is 0.225 e. The quantitative estimate of drug-likeness (QED) is 0.290. The average molecular weight is 574 g/mol. The maximum absolute atomic E-state index is 15.7. The van der Waals surface area contributed by atoms with Gasteiger partial charge in [0, 0.05) is 55.1 Å². The molecule has 2 amide bonds. The van der Waals surface area contributed by atoms with E-state index in [-0.39, 0.29) is 17.5 Å². The van der Waals surface area contributed by atoms with Gasteiger partial charge < -0.3 is 15.5 Å². The van der Waals surface area contributed by atoms with Crippen molar-refractivity contribution in [2.45, 2.75) is 57.9 Å². The monoisotopic (exact) mass is 573 g/mol. The number of aryl methyl sites for hydroxylation is 1. The number of pyridine rings is 1. The molecule has 0 atom stereocenters. The molecule has 0 unspecified atom stereocenters. The van der Waals surface area contributed by atoms with Gasteiger partial charge in [0.15, 0.2) is 10.9 Å². The zero-order valence-electron chi connectivity index (χ0n) is 23.1. The molecule has 2 N–H and O–H groups in total. The number of amides is 2. The minimum atomic E-state index is -0.507. The SMILES string of the molecule is CC(=O)Nc1nc2c(s1)-c1c(c(-c3cccnc3)nn1-c1ccc(NC(=O)CCN(C)C3CCCC3)cc1F)CC2. The number of halogens is 1. The van der Waals surface area contributed by atoms with Gasteiger partial charge in [-0.15, -0.1) is 0 Å². The minimum Gasteiger partial charge on any atom is -0.326 e. The van der Waals surface area contributed by atoms with Crippen molar-refractivity contribution in [3.05, 3.63) is 59.8 Å². The molecule has 0 bridgehead atoms.